The van der Waals surface area contributed by atoms with Crippen molar-refractivity contribution in [1.29, 1.82) is 0 Å². The van der Waals surface area contributed by atoms with E-state index >= 15 is 0 Å². The fourth-order valence-electron chi connectivity index (χ4n) is 2.86. The Labute approximate surface area is 134 Å². The highest BCUT2D eigenvalue weighted by Gasteiger charge is 2.35. The van der Waals surface area contributed by atoms with E-state index in [1.54, 1.807) is 0 Å². The predicted molar refractivity (Wildman–Crippen MR) is 78.6 cm³/mol. The lowest BCUT2D eigenvalue weighted by Gasteiger charge is -2.33. The lowest BCUT2D eigenvalue weighted by atomic mass is 9.98. The van der Waals surface area contributed by atoms with Crippen molar-refractivity contribution in [3.63, 3.8) is 0 Å². The van der Waals surface area contributed by atoms with Gasteiger partial charge >= 0.3 is 0 Å². The summed E-state index contributed by atoms with van der Waals surface area (Å²) in [7, 11) is -3.70. The van der Waals surface area contributed by atoms with Crippen LogP contribution in [0.5, 0.6) is 0 Å². The normalized spacial score (nSPS) is 22.3. The van der Waals surface area contributed by atoms with Gasteiger partial charge in [-0.05, 0) is 31.0 Å². The first-order chi connectivity index (χ1) is 10.5. The van der Waals surface area contributed by atoms with Crippen LogP contribution in [0.4, 0.5) is 4.39 Å². The van der Waals surface area contributed by atoms with Gasteiger partial charge in [0.05, 0.1) is 18.2 Å². The molecule has 0 atom stereocenters. The third-order valence-electron chi connectivity index (χ3n) is 4.04. The molecule has 1 aromatic rings. The number of piperidine rings is 1. The summed E-state index contributed by atoms with van der Waals surface area (Å²) >= 11 is 5.88. The average Bonchev–Trinajstić information content (AvgIpc) is 3.01. The molecule has 1 aromatic carbocycles. The van der Waals surface area contributed by atoms with Gasteiger partial charge < -0.3 is 9.47 Å². The average molecular weight is 350 g/mol. The molecule has 5 nitrogen and oxygen atoms in total. The maximum atomic E-state index is 13.1. The molecule has 0 amide bonds. The summed E-state index contributed by atoms with van der Waals surface area (Å²) in [6.07, 6.45) is 1.12. The van der Waals surface area contributed by atoms with E-state index in [0.29, 0.717) is 39.1 Å². The molecule has 122 valence electrons. The van der Waals surface area contributed by atoms with Gasteiger partial charge in [0.1, 0.15) is 10.7 Å². The largest absolute Gasteiger partial charge is 0.350 e. The van der Waals surface area contributed by atoms with Gasteiger partial charge in [0.25, 0.3) is 0 Å². The third-order valence-corrected chi connectivity index (χ3v) is 6.42. The first kappa shape index (κ1) is 16.1. The van der Waals surface area contributed by atoms with Crippen molar-refractivity contribution in [2.45, 2.75) is 24.0 Å². The fraction of sp³-hybridized carbons (Fsp3) is 0.571. The van der Waals surface area contributed by atoms with Crippen molar-refractivity contribution in [2.75, 3.05) is 26.3 Å². The number of benzene rings is 1. The Hall–Kier alpha value is -0.730. The number of rotatable bonds is 3. The Balaban J connectivity index is 1.71. The van der Waals surface area contributed by atoms with Gasteiger partial charge in [-0.2, -0.15) is 4.31 Å². The summed E-state index contributed by atoms with van der Waals surface area (Å²) in [4.78, 5) is -0.0533. The second-order valence-electron chi connectivity index (χ2n) is 5.43. The van der Waals surface area contributed by atoms with Gasteiger partial charge in [-0.1, -0.05) is 11.6 Å². The standard InChI is InChI=1S/C14H17ClFNO4S/c15-12-9-11(16)1-2-13(12)22(18,19)17-5-3-10(4-6-17)14-20-7-8-21-14/h1-2,9-10,14H,3-8H2. The highest BCUT2D eigenvalue weighted by molar-refractivity contribution is 7.89. The molecule has 0 aromatic heterocycles. The number of hydrogen-bond donors (Lipinski definition) is 0. The quantitative estimate of drug-likeness (QED) is 0.840. The van der Waals surface area contributed by atoms with Gasteiger partial charge in [-0.3, -0.25) is 0 Å². The van der Waals surface area contributed by atoms with Gasteiger partial charge in [-0.25, -0.2) is 12.8 Å². The molecular formula is C14H17ClFNO4S. The van der Waals surface area contributed by atoms with Crippen LogP contribution in [0, 0.1) is 11.7 Å². The molecule has 3 rings (SSSR count). The van der Waals surface area contributed by atoms with E-state index in [0.717, 1.165) is 12.1 Å². The van der Waals surface area contributed by atoms with Crippen LogP contribution in [0.3, 0.4) is 0 Å². The third kappa shape index (κ3) is 3.14. The van der Waals surface area contributed by atoms with Crippen LogP contribution in [0.15, 0.2) is 23.1 Å². The zero-order valence-electron chi connectivity index (χ0n) is 11.9. The number of sulfonamides is 1. The topological polar surface area (TPSA) is 55.8 Å². The lowest BCUT2D eigenvalue weighted by Crippen LogP contribution is -2.41. The molecule has 0 unspecified atom stereocenters. The predicted octanol–water partition coefficient (Wildman–Crippen LogP) is 2.25. The van der Waals surface area contributed by atoms with Crippen LogP contribution in [0.2, 0.25) is 5.02 Å². The van der Waals surface area contributed by atoms with Gasteiger partial charge in [0.15, 0.2) is 6.29 Å². The monoisotopic (exact) mass is 349 g/mol. The fourth-order valence-corrected chi connectivity index (χ4v) is 4.84. The second kappa shape index (κ2) is 6.41. The van der Waals surface area contributed by atoms with E-state index in [2.05, 4.69) is 0 Å². The van der Waals surface area contributed by atoms with Crippen molar-refractivity contribution in [1.82, 2.24) is 4.31 Å². The molecule has 2 aliphatic rings. The van der Waals surface area contributed by atoms with Crippen LogP contribution >= 0.6 is 11.6 Å². The summed E-state index contributed by atoms with van der Waals surface area (Å²) in [5, 5.41) is -0.0930. The van der Waals surface area contributed by atoms with Crippen LogP contribution in [0.1, 0.15) is 12.8 Å². The maximum absolute atomic E-state index is 13.1. The number of hydrogen-bond acceptors (Lipinski definition) is 4. The zero-order chi connectivity index (χ0) is 15.7. The first-order valence-electron chi connectivity index (χ1n) is 7.17. The summed E-state index contributed by atoms with van der Waals surface area (Å²) in [6, 6.07) is 3.33. The molecule has 2 fully saturated rings. The molecule has 22 heavy (non-hydrogen) atoms. The first-order valence-corrected chi connectivity index (χ1v) is 8.99. The van der Waals surface area contributed by atoms with Crippen molar-refractivity contribution in [3.8, 4) is 0 Å². The van der Waals surface area contributed by atoms with E-state index in [-0.39, 0.29) is 22.1 Å². The van der Waals surface area contributed by atoms with Crippen molar-refractivity contribution in [2.24, 2.45) is 5.92 Å². The Morgan fingerprint density at radius 1 is 1.18 bits per heavy atom. The van der Waals surface area contributed by atoms with Crippen molar-refractivity contribution in [3.05, 3.63) is 29.0 Å². The van der Waals surface area contributed by atoms with E-state index in [1.165, 1.54) is 10.4 Å². The molecule has 0 aliphatic carbocycles. The lowest BCUT2D eigenvalue weighted by molar-refractivity contribution is -0.0938. The van der Waals surface area contributed by atoms with Gasteiger partial charge in [0.2, 0.25) is 10.0 Å². The number of nitrogens with zero attached hydrogens (tertiary/aromatic N) is 1. The molecule has 2 saturated heterocycles. The molecule has 0 saturated carbocycles. The van der Waals surface area contributed by atoms with Crippen LogP contribution in [-0.4, -0.2) is 45.3 Å². The smallest absolute Gasteiger partial charge is 0.244 e. The Bertz CT molecular complexity index is 640. The maximum Gasteiger partial charge on any atom is 0.244 e. The summed E-state index contributed by atoms with van der Waals surface area (Å²) in [5.41, 5.74) is 0. The van der Waals surface area contributed by atoms with E-state index in [4.69, 9.17) is 21.1 Å². The number of ether oxygens (including phenoxy) is 2. The minimum atomic E-state index is -3.70. The highest BCUT2D eigenvalue weighted by atomic mass is 35.5. The molecule has 8 heteroatoms. The minimum absolute atomic E-state index is 0.0533. The molecule has 0 bridgehead atoms. The van der Waals surface area contributed by atoms with Crippen molar-refractivity contribution < 1.29 is 22.3 Å². The zero-order valence-corrected chi connectivity index (χ0v) is 13.4. The Morgan fingerprint density at radius 2 is 1.82 bits per heavy atom. The summed E-state index contributed by atoms with van der Waals surface area (Å²) in [6.45, 7) is 1.94. The van der Waals surface area contributed by atoms with Crippen LogP contribution in [-0.2, 0) is 19.5 Å². The molecule has 2 heterocycles. The summed E-state index contributed by atoms with van der Waals surface area (Å²) in [5.74, 6) is -0.351. The van der Waals surface area contributed by atoms with Crippen molar-refractivity contribution >= 4 is 21.6 Å². The van der Waals surface area contributed by atoms with Crippen LogP contribution in [0.25, 0.3) is 0 Å². The molecule has 0 radical (unpaired) electrons. The highest BCUT2D eigenvalue weighted by Crippen LogP contribution is 2.31. The SMILES string of the molecule is O=S(=O)(c1ccc(F)cc1Cl)N1CCC(C2OCCO2)CC1. The molecule has 2 aliphatic heterocycles. The van der Waals surface area contributed by atoms with E-state index < -0.39 is 15.8 Å². The molecular weight excluding hydrogens is 333 g/mol. The number of halogens is 2. The second-order valence-corrected chi connectivity index (χ2v) is 7.74. The Kier molecular flexibility index (Phi) is 4.70. The van der Waals surface area contributed by atoms with Crippen LogP contribution < -0.4 is 0 Å². The van der Waals surface area contributed by atoms with E-state index in [9.17, 15) is 12.8 Å². The van der Waals surface area contributed by atoms with E-state index in [1.807, 2.05) is 0 Å². The summed E-state index contributed by atoms with van der Waals surface area (Å²) < 4.78 is 50.6. The molecule has 0 N–H and O–H groups in total. The van der Waals surface area contributed by atoms with Gasteiger partial charge in [0, 0.05) is 19.0 Å². The molecule has 0 spiro atoms. The Morgan fingerprint density at radius 3 is 2.41 bits per heavy atom. The van der Waals surface area contributed by atoms with Gasteiger partial charge in [-0.15, -0.1) is 0 Å². The minimum Gasteiger partial charge on any atom is -0.350 e.